The van der Waals surface area contributed by atoms with Crippen LogP contribution in [0.1, 0.15) is 77.6 Å². The van der Waals surface area contributed by atoms with Gasteiger partial charge in [0, 0.05) is 25.6 Å². The van der Waals surface area contributed by atoms with Crippen LogP contribution in [0.3, 0.4) is 0 Å². The molecule has 0 aliphatic carbocycles. The number of nitrogens with two attached hydrogens (primary N) is 2. The highest BCUT2D eigenvalue weighted by Crippen LogP contribution is 2.10. The molecule has 22 heavy (non-hydrogen) atoms. The predicted octanol–water partition coefficient (Wildman–Crippen LogP) is 3.86. The van der Waals surface area contributed by atoms with E-state index in [1.54, 1.807) is 0 Å². The molecular formula is C16H37Br2N3O. The van der Waals surface area contributed by atoms with E-state index >= 15 is 0 Å². The number of rotatable bonds is 14. The van der Waals surface area contributed by atoms with Gasteiger partial charge >= 0.3 is 0 Å². The summed E-state index contributed by atoms with van der Waals surface area (Å²) >= 11 is 0. The Kier molecular flexibility index (Phi) is 26.4. The first-order valence-corrected chi connectivity index (χ1v) is 8.43. The maximum Gasteiger partial charge on any atom is 0.219 e. The van der Waals surface area contributed by atoms with Gasteiger partial charge in [-0.2, -0.15) is 0 Å². The molecule has 4 nitrogen and oxygen atoms in total. The quantitative estimate of drug-likeness (QED) is 0.354. The molecule has 0 rings (SSSR count). The van der Waals surface area contributed by atoms with Crippen molar-refractivity contribution < 1.29 is 4.79 Å². The van der Waals surface area contributed by atoms with Gasteiger partial charge in [0.15, 0.2) is 0 Å². The molecule has 0 saturated heterocycles. The van der Waals surface area contributed by atoms with Crippen LogP contribution in [-0.2, 0) is 4.79 Å². The van der Waals surface area contributed by atoms with Crippen LogP contribution in [0.15, 0.2) is 0 Å². The second kappa shape index (κ2) is 21.4. The number of nitrogens with one attached hydrogen (secondary N) is 1. The summed E-state index contributed by atoms with van der Waals surface area (Å²) in [4.78, 5) is 11.5. The largest absolute Gasteiger partial charge is 0.356 e. The normalized spacial score (nSPS) is 11.2. The van der Waals surface area contributed by atoms with E-state index in [-0.39, 0.29) is 45.9 Å². The molecule has 0 radical (unpaired) electrons. The van der Waals surface area contributed by atoms with Crippen LogP contribution < -0.4 is 16.8 Å². The van der Waals surface area contributed by atoms with Gasteiger partial charge in [-0.1, -0.05) is 58.3 Å². The van der Waals surface area contributed by atoms with Crippen LogP contribution in [0.4, 0.5) is 0 Å². The number of halogens is 2. The molecule has 0 aromatic heterocycles. The zero-order valence-electron chi connectivity index (χ0n) is 14.1. The molecule has 6 heteroatoms. The highest BCUT2D eigenvalue weighted by molar-refractivity contribution is 8.93. The fraction of sp³-hybridized carbons (Fsp3) is 0.938. The minimum atomic E-state index is 0. The predicted molar refractivity (Wildman–Crippen MR) is 107 cm³/mol. The monoisotopic (exact) mass is 445 g/mol. The summed E-state index contributed by atoms with van der Waals surface area (Å²) in [5.74, 6) is 0.150. The lowest BCUT2D eigenvalue weighted by molar-refractivity contribution is -0.121. The van der Waals surface area contributed by atoms with Crippen molar-refractivity contribution in [2.75, 3.05) is 13.1 Å². The van der Waals surface area contributed by atoms with Gasteiger partial charge in [0.1, 0.15) is 0 Å². The molecule has 0 aliphatic heterocycles. The number of hydrogen-bond donors (Lipinski definition) is 3. The van der Waals surface area contributed by atoms with Crippen molar-refractivity contribution >= 4 is 39.9 Å². The number of carbonyl (C=O) groups is 1. The molecule has 0 bridgehead atoms. The van der Waals surface area contributed by atoms with Crippen molar-refractivity contribution in [1.82, 2.24) is 5.32 Å². The molecule has 0 aromatic carbocycles. The zero-order chi connectivity index (χ0) is 15.1. The molecule has 0 aromatic rings. The highest BCUT2D eigenvalue weighted by Gasteiger charge is 2.03. The maximum absolute atomic E-state index is 11.5. The third kappa shape index (κ3) is 20.3. The van der Waals surface area contributed by atoms with E-state index in [4.69, 9.17) is 11.5 Å². The van der Waals surface area contributed by atoms with Gasteiger partial charge < -0.3 is 16.8 Å². The first-order valence-electron chi connectivity index (χ1n) is 8.43. The number of hydrogen-bond acceptors (Lipinski definition) is 3. The van der Waals surface area contributed by atoms with Gasteiger partial charge in [-0.25, -0.2) is 0 Å². The number of carbonyl (C=O) groups excluding carboxylic acids is 1. The lowest BCUT2D eigenvalue weighted by Gasteiger charge is -2.09. The number of unbranched alkanes of at least 4 members (excludes halogenated alkanes) is 8. The molecule has 1 amide bonds. The molecule has 1 atom stereocenters. The third-order valence-electron chi connectivity index (χ3n) is 3.65. The van der Waals surface area contributed by atoms with E-state index in [1.807, 2.05) is 0 Å². The summed E-state index contributed by atoms with van der Waals surface area (Å²) < 4.78 is 0. The summed E-state index contributed by atoms with van der Waals surface area (Å²) in [6, 6.07) is 0.00279. The Hall–Kier alpha value is 0.350. The van der Waals surface area contributed by atoms with Crippen LogP contribution in [0.25, 0.3) is 0 Å². The highest BCUT2D eigenvalue weighted by atomic mass is 79.9. The van der Waals surface area contributed by atoms with Gasteiger partial charge in [0.05, 0.1) is 0 Å². The molecule has 5 N–H and O–H groups in total. The third-order valence-corrected chi connectivity index (χ3v) is 3.65. The summed E-state index contributed by atoms with van der Waals surface area (Å²) in [7, 11) is 0. The van der Waals surface area contributed by atoms with E-state index in [0.717, 1.165) is 12.8 Å². The molecule has 0 aliphatic rings. The zero-order valence-corrected chi connectivity index (χ0v) is 17.6. The summed E-state index contributed by atoms with van der Waals surface area (Å²) in [6.07, 6.45) is 12.9. The molecule has 136 valence electrons. The second-order valence-corrected chi connectivity index (χ2v) is 5.71. The van der Waals surface area contributed by atoms with Gasteiger partial charge in [-0.05, 0) is 12.8 Å². The van der Waals surface area contributed by atoms with Gasteiger partial charge in [-0.3, -0.25) is 4.79 Å². The summed E-state index contributed by atoms with van der Waals surface area (Å²) in [5, 5.41) is 2.90. The average molecular weight is 447 g/mol. The summed E-state index contributed by atoms with van der Waals surface area (Å²) in [5.41, 5.74) is 11.1. The Morgan fingerprint density at radius 1 is 0.955 bits per heavy atom. The Morgan fingerprint density at radius 3 is 1.95 bits per heavy atom. The lowest BCUT2D eigenvalue weighted by Crippen LogP contribution is -2.34. The fourth-order valence-electron chi connectivity index (χ4n) is 2.20. The van der Waals surface area contributed by atoms with Crippen molar-refractivity contribution in [2.45, 2.75) is 83.6 Å². The van der Waals surface area contributed by atoms with Crippen molar-refractivity contribution in [3.05, 3.63) is 0 Å². The van der Waals surface area contributed by atoms with Crippen LogP contribution in [0, 0.1) is 0 Å². The summed E-state index contributed by atoms with van der Waals surface area (Å²) in [6.45, 7) is 3.37. The van der Waals surface area contributed by atoms with E-state index in [0.29, 0.717) is 19.5 Å². The minimum Gasteiger partial charge on any atom is -0.356 e. The van der Waals surface area contributed by atoms with Crippen LogP contribution >= 0.6 is 34.0 Å². The molecule has 1 unspecified atom stereocenters. The fourth-order valence-corrected chi connectivity index (χ4v) is 2.20. The van der Waals surface area contributed by atoms with E-state index in [2.05, 4.69) is 12.2 Å². The molecule has 0 fully saturated rings. The van der Waals surface area contributed by atoms with E-state index in [9.17, 15) is 4.79 Å². The lowest BCUT2D eigenvalue weighted by atomic mass is 10.1. The second-order valence-electron chi connectivity index (χ2n) is 5.71. The molecular weight excluding hydrogens is 410 g/mol. The molecule has 0 spiro atoms. The Morgan fingerprint density at radius 2 is 1.45 bits per heavy atom. The van der Waals surface area contributed by atoms with Crippen molar-refractivity contribution in [3.63, 3.8) is 0 Å². The average Bonchev–Trinajstić information content (AvgIpc) is 2.45. The van der Waals surface area contributed by atoms with E-state index in [1.165, 1.54) is 51.4 Å². The van der Waals surface area contributed by atoms with E-state index < -0.39 is 0 Å². The SMILES string of the molecule is Br.Br.CCCCCCCCCCCC(=O)NCCC(N)CN. The molecule has 0 saturated carbocycles. The van der Waals surface area contributed by atoms with Crippen molar-refractivity contribution in [1.29, 1.82) is 0 Å². The van der Waals surface area contributed by atoms with Gasteiger partial charge in [-0.15, -0.1) is 34.0 Å². The standard InChI is InChI=1S/C16H35N3O.2BrH/c1-2-3-4-5-6-7-8-9-10-11-16(20)19-13-12-15(18)14-17;;/h15H,2-14,17-18H2,1H3,(H,19,20);2*1H. The minimum absolute atomic E-state index is 0. The van der Waals surface area contributed by atoms with Gasteiger partial charge in [0.2, 0.25) is 5.91 Å². The Balaban J connectivity index is -0.00000180. The smallest absolute Gasteiger partial charge is 0.219 e. The van der Waals surface area contributed by atoms with Crippen molar-refractivity contribution in [3.8, 4) is 0 Å². The Labute approximate surface area is 158 Å². The topological polar surface area (TPSA) is 81.1 Å². The maximum atomic E-state index is 11.5. The van der Waals surface area contributed by atoms with Gasteiger partial charge in [0.25, 0.3) is 0 Å². The first kappa shape index (κ1) is 27.2. The Bertz CT molecular complexity index is 231. The van der Waals surface area contributed by atoms with Crippen LogP contribution in [-0.4, -0.2) is 25.0 Å². The molecule has 0 heterocycles. The van der Waals surface area contributed by atoms with Crippen LogP contribution in [0.5, 0.6) is 0 Å². The number of amides is 1. The first-order chi connectivity index (χ1) is 9.70. The van der Waals surface area contributed by atoms with Crippen LogP contribution in [0.2, 0.25) is 0 Å². The van der Waals surface area contributed by atoms with Crippen molar-refractivity contribution in [2.24, 2.45) is 11.5 Å².